The Morgan fingerprint density at radius 2 is 1.53 bits per heavy atom. The van der Waals surface area contributed by atoms with Gasteiger partial charge >= 0.3 is 0 Å². The number of alkyl halides is 2. The van der Waals surface area contributed by atoms with Crippen LogP contribution in [0.5, 0.6) is 0 Å². The number of nitrogens with zero attached hydrogens (tertiary/aromatic N) is 1. The van der Waals surface area contributed by atoms with Gasteiger partial charge in [0.1, 0.15) is 5.82 Å². The average molecular weight is 539 g/mol. The van der Waals surface area contributed by atoms with Gasteiger partial charge in [-0.05, 0) is 89.7 Å². The molecule has 0 aromatic heterocycles. The number of nitrogen functional groups attached to an aromatic ring is 1. The van der Waals surface area contributed by atoms with E-state index in [1.165, 1.54) is 31.1 Å². The lowest BCUT2D eigenvalue weighted by molar-refractivity contribution is 0.0108. The summed E-state index contributed by atoms with van der Waals surface area (Å²) in [5, 5.41) is 0. The van der Waals surface area contributed by atoms with Crippen LogP contribution in [0, 0.1) is 32.5 Å². The molecule has 38 heavy (non-hydrogen) atoms. The Balaban J connectivity index is -0.000000414. The van der Waals surface area contributed by atoms with Crippen LogP contribution in [0.25, 0.3) is 0 Å². The number of hydrogen-bond donors (Lipinski definition) is 1. The molecule has 0 saturated carbocycles. The predicted molar refractivity (Wildman–Crippen MR) is 165 cm³/mol. The van der Waals surface area contributed by atoms with Gasteiger partial charge in [-0.3, -0.25) is 0 Å². The summed E-state index contributed by atoms with van der Waals surface area (Å²) in [7, 11) is 2.18. The Hall–Kier alpha value is -2.27. The summed E-state index contributed by atoms with van der Waals surface area (Å²) >= 11 is 0. The summed E-state index contributed by atoms with van der Waals surface area (Å²) in [4.78, 5) is 2.38. The zero-order valence-electron chi connectivity index (χ0n) is 26.1. The van der Waals surface area contributed by atoms with Crippen molar-refractivity contribution >= 4 is 5.69 Å². The fourth-order valence-corrected chi connectivity index (χ4v) is 3.44. The van der Waals surface area contributed by atoms with Gasteiger partial charge in [0, 0.05) is 18.7 Å². The summed E-state index contributed by atoms with van der Waals surface area (Å²) in [6.45, 7) is 25.8. The Labute approximate surface area is 233 Å². The molecule has 5 heteroatoms. The zero-order chi connectivity index (χ0) is 30.3. The fraction of sp³-hybridized carbons (Fsp3) is 0.576. The summed E-state index contributed by atoms with van der Waals surface area (Å²) in [5.74, 6) is -1.59. The molecule has 3 rings (SSSR count). The van der Waals surface area contributed by atoms with Crippen molar-refractivity contribution in [1.82, 2.24) is 4.90 Å². The lowest BCUT2D eigenvalue weighted by Gasteiger charge is -2.06. The number of unbranched alkanes of at least 4 members (excludes halogenated alkanes) is 1. The van der Waals surface area contributed by atoms with Crippen LogP contribution in [0.1, 0.15) is 89.5 Å². The molecule has 1 aliphatic heterocycles. The number of nitrogens with two attached hydrogens (primary N) is 1. The highest BCUT2D eigenvalue weighted by Gasteiger charge is 2.18. The third kappa shape index (κ3) is 22.9. The van der Waals surface area contributed by atoms with E-state index in [0.29, 0.717) is 6.42 Å². The molecule has 0 bridgehead atoms. The molecule has 0 radical (unpaired) electrons. The van der Waals surface area contributed by atoms with Crippen molar-refractivity contribution in [1.29, 1.82) is 0 Å². The second-order valence-electron chi connectivity index (χ2n) is 9.64. The third-order valence-corrected chi connectivity index (χ3v) is 5.60. The topological polar surface area (TPSA) is 29.3 Å². The molecule has 0 spiro atoms. The lowest BCUT2D eigenvalue weighted by Crippen LogP contribution is -2.12. The highest BCUT2D eigenvalue weighted by Crippen LogP contribution is 2.19. The van der Waals surface area contributed by atoms with Crippen molar-refractivity contribution in [3.05, 3.63) is 77.6 Å². The maximum atomic E-state index is 12.8. The van der Waals surface area contributed by atoms with E-state index in [1.54, 1.807) is 6.07 Å². The molecular formula is C33H57F3N2. The van der Waals surface area contributed by atoms with E-state index in [1.807, 2.05) is 59.7 Å². The summed E-state index contributed by atoms with van der Waals surface area (Å²) in [6, 6.07) is 11.2. The van der Waals surface area contributed by atoms with Crippen LogP contribution in [0.4, 0.5) is 18.9 Å². The van der Waals surface area contributed by atoms with E-state index >= 15 is 0 Å². The van der Waals surface area contributed by atoms with Crippen molar-refractivity contribution in [2.75, 3.05) is 25.9 Å². The molecular weight excluding hydrogens is 481 g/mol. The van der Waals surface area contributed by atoms with Gasteiger partial charge in [0.05, 0.1) is 0 Å². The van der Waals surface area contributed by atoms with Crippen molar-refractivity contribution in [2.24, 2.45) is 5.92 Å². The van der Waals surface area contributed by atoms with E-state index in [0.717, 1.165) is 48.1 Å². The molecule has 1 aliphatic rings. The molecule has 2 aromatic carbocycles. The number of benzene rings is 2. The van der Waals surface area contributed by atoms with Crippen LogP contribution in [-0.2, 0) is 6.42 Å². The van der Waals surface area contributed by atoms with Crippen LogP contribution in [-0.4, -0.2) is 31.0 Å². The van der Waals surface area contributed by atoms with Gasteiger partial charge in [0.15, 0.2) is 0 Å². The first-order valence-corrected chi connectivity index (χ1v) is 13.9. The number of likely N-dealkylation sites (tertiary alicyclic amines) is 1. The smallest absolute Gasteiger partial charge is 0.245 e. The van der Waals surface area contributed by atoms with Crippen molar-refractivity contribution in [3.8, 4) is 0 Å². The Morgan fingerprint density at radius 1 is 1.00 bits per heavy atom. The van der Waals surface area contributed by atoms with E-state index in [-0.39, 0.29) is 12.2 Å². The van der Waals surface area contributed by atoms with Gasteiger partial charge < -0.3 is 10.6 Å². The normalized spacial score (nSPS) is 14.0. The summed E-state index contributed by atoms with van der Waals surface area (Å²) in [5.41, 5.74) is 10.8. The van der Waals surface area contributed by atoms with Gasteiger partial charge in [-0.1, -0.05) is 76.4 Å². The van der Waals surface area contributed by atoms with Crippen molar-refractivity contribution in [3.63, 3.8) is 0 Å². The average Bonchev–Trinajstić information content (AvgIpc) is 3.27. The molecule has 220 valence electrons. The summed E-state index contributed by atoms with van der Waals surface area (Å²) in [6.07, 6.45) is 3.68. The fourth-order valence-electron chi connectivity index (χ4n) is 3.44. The first-order chi connectivity index (χ1) is 17.8. The Morgan fingerprint density at radius 3 is 1.82 bits per heavy atom. The Kier molecular flexibility index (Phi) is 25.2. The van der Waals surface area contributed by atoms with Gasteiger partial charge in [-0.25, -0.2) is 13.2 Å². The second kappa shape index (κ2) is 23.8. The largest absolute Gasteiger partial charge is 0.399 e. The van der Waals surface area contributed by atoms with Gasteiger partial charge in [-0.15, -0.1) is 13.2 Å². The molecule has 1 heterocycles. The molecule has 2 aromatic rings. The van der Waals surface area contributed by atoms with Crippen LogP contribution < -0.4 is 5.73 Å². The maximum Gasteiger partial charge on any atom is 0.245 e. The monoisotopic (exact) mass is 538 g/mol. The van der Waals surface area contributed by atoms with Crippen molar-refractivity contribution in [2.45, 2.75) is 100 Å². The standard InChI is InChI=1S/C9H11F.C8H11N.C6H12F2.C6H13N.C2H6.C2H4/c1-3-8-6-7(2)4-5-9(8)10;1-6-3-4-8(9)7(2)5-6;1-3-4-5-6(2,7)8;1-6-3-4-7(2)5-6;2*1-2/h4-6H,3H2,1-2H3;3-5H,9H2,1-2H3;3-5H2,1-2H3;6H,3-5H2,1-2H3;1-2H3;1-2H2. The minimum absolute atomic E-state index is 0.0312. The molecule has 1 fully saturated rings. The van der Waals surface area contributed by atoms with E-state index in [2.05, 4.69) is 45.0 Å². The SMILES string of the molecule is C=C.CC.CC1CCN(C)C1.CCCCC(C)(F)F.CCc1cc(C)ccc1F.Cc1ccc(N)c(C)c1. The molecule has 0 aliphatic carbocycles. The van der Waals surface area contributed by atoms with Gasteiger partial charge in [0.2, 0.25) is 5.92 Å². The summed E-state index contributed by atoms with van der Waals surface area (Å²) < 4.78 is 36.6. The first-order valence-electron chi connectivity index (χ1n) is 13.9. The molecule has 2 nitrogen and oxygen atoms in total. The van der Waals surface area contributed by atoms with Crippen LogP contribution in [0.15, 0.2) is 49.6 Å². The first kappa shape index (κ1) is 40.2. The quantitative estimate of drug-likeness (QED) is 0.310. The number of halogens is 3. The predicted octanol–water partition coefficient (Wildman–Crippen LogP) is 10.2. The minimum atomic E-state index is -2.45. The number of aryl methyl sites for hydroxylation is 4. The third-order valence-electron chi connectivity index (χ3n) is 5.60. The lowest BCUT2D eigenvalue weighted by atomic mass is 10.1. The van der Waals surface area contributed by atoms with Gasteiger partial charge in [-0.2, -0.15) is 0 Å². The molecule has 1 saturated heterocycles. The van der Waals surface area contributed by atoms with Crippen LogP contribution >= 0.6 is 0 Å². The van der Waals surface area contributed by atoms with Crippen molar-refractivity contribution < 1.29 is 13.2 Å². The number of hydrogen-bond acceptors (Lipinski definition) is 2. The zero-order valence-corrected chi connectivity index (χ0v) is 26.1. The minimum Gasteiger partial charge on any atom is -0.399 e. The van der Waals surface area contributed by atoms with Crippen LogP contribution in [0.2, 0.25) is 0 Å². The van der Waals surface area contributed by atoms with E-state index in [9.17, 15) is 13.2 Å². The maximum absolute atomic E-state index is 12.8. The number of rotatable bonds is 4. The Bertz CT molecular complexity index is 823. The second-order valence-corrected chi connectivity index (χ2v) is 9.64. The molecule has 2 N–H and O–H groups in total. The van der Waals surface area contributed by atoms with E-state index < -0.39 is 5.92 Å². The highest BCUT2D eigenvalue weighted by molar-refractivity contribution is 5.47. The molecule has 1 atom stereocenters. The highest BCUT2D eigenvalue weighted by atomic mass is 19.3. The number of anilines is 1. The van der Waals surface area contributed by atoms with Crippen LogP contribution in [0.3, 0.4) is 0 Å². The molecule has 0 amide bonds. The molecule has 1 unspecified atom stereocenters. The van der Waals surface area contributed by atoms with Gasteiger partial charge in [0.25, 0.3) is 0 Å². The van der Waals surface area contributed by atoms with E-state index in [4.69, 9.17) is 5.73 Å².